The summed E-state index contributed by atoms with van der Waals surface area (Å²) in [7, 11) is -2.62. The lowest BCUT2D eigenvalue weighted by molar-refractivity contribution is -0.120. The van der Waals surface area contributed by atoms with E-state index in [1.807, 2.05) is 31.2 Å². The summed E-state index contributed by atoms with van der Waals surface area (Å²) in [5, 5.41) is 2.85. The van der Waals surface area contributed by atoms with Gasteiger partial charge in [-0.2, -0.15) is 0 Å². The first-order valence-corrected chi connectivity index (χ1v) is 12.0. The number of hydrogen-bond acceptors (Lipinski definition) is 4. The minimum atomic E-state index is -4.10. The molecule has 0 saturated carbocycles. The molecule has 0 aliphatic heterocycles. The molecule has 1 amide bonds. The van der Waals surface area contributed by atoms with Crippen LogP contribution in [0.2, 0.25) is 0 Å². The molecule has 6 nitrogen and oxygen atoms in total. The molecule has 0 radical (unpaired) electrons. The third-order valence-corrected chi connectivity index (χ3v) is 7.10. The molecule has 1 atom stereocenters. The van der Waals surface area contributed by atoms with Crippen LogP contribution in [0, 0.1) is 5.82 Å². The number of rotatable bonds is 9. The first kappa shape index (κ1) is 24.3. The number of carbonyl (C=O) groups is 1. The Morgan fingerprint density at radius 1 is 1.00 bits per heavy atom. The van der Waals surface area contributed by atoms with E-state index in [0.717, 1.165) is 28.4 Å². The van der Waals surface area contributed by atoms with Crippen molar-refractivity contribution in [1.29, 1.82) is 0 Å². The van der Waals surface area contributed by atoms with Crippen molar-refractivity contribution in [1.82, 2.24) is 5.32 Å². The number of halogens is 1. The molecule has 3 aromatic rings. The van der Waals surface area contributed by atoms with Crippen LogP contribution in [0.25, 0.3) is 0 Å². The molecule has 3 rings (SSSR count). The van der Waals surface area contributed by atoms with E-state index in [2.05, 4.69) is 12.2 Å². The first-order chi connectivity index (χ1) is 15.7. The topological polar surface area (TPSA) is 75.7 Å². The van der Waals surface area contributed by atoms with E-state index < -0.39 is 28.3 Å². The molecule has 3 aromatic carbocycles. The van der Waals surface area contributed by atoms with Crippen molar-refractivity contribution in [2.75, 3.05) is 18.0 Å². The Labute approximate surface area is 194 Å². The van der Waals surface area contributed by atoms with Crippen molar-refractivity contribution in [3.8, 4) is 5.75 Å². The smallest absolute Gasteiger partial charge is 0.264 e. The summed E-state index contributed by atoms with van der Waals surface area (Å²) in [4.78, 5) is 12.9. The molecule has 8 heteroatoms. The maximum atomic E-state index is 13.5. The number of nitrogens with zero attached hydrogens (tertiary/aromatic N) is 1. The molecular formula is C25H27FN2O4S. The molecule has 0 aliphatic rings. The van der Waals surface area contributed by atoms with Crippen molar-refractivity contribution < 1.29 is 22.3 Å². The van der Waals surface area contributed by atoms with Crippen molar-refractivity contribution in [3.05, 3.63) is 89.7 Å². The van der Waals surface area contributed by atoms with Crippen molar-refractivity contribution >= 4 is 21.6 Å². The predicted molar refractivity (Wildman–Crippen MR) is 126 cm³/mol. The largest absolute Gasteiger partial charge is 0.497 e. The third-order valence-electron chi connectivity index (χ3n) is 5.31. The van der Waals surface area contributed by atoms with E-state index in [4.69, 9.17) is 4.74 Å². The standard InChI is InChI=1S/C25H27FN2O4S/c1-4-19-5-7-20(8-6-19)18(2)27-25(29)17-28(22-11-9-21(26)10-12-22)33(30,31)24-15-13-23(32-3)14-16-24/h5-16,18H,4,17H2,1-3H3,(H,27,29)/t18-/m0/s1. The molecule has 0 spiro atoms. The molecule has 1 N–H and O–H groups in total. The predicted octanol–water partition coefficient (Wildman–Crippen LogP) is 4.47. The monoisotopic (exact) mass is 470 g/mol. The number of ether oxygens (including phenoxy) is 1. The summed E-state index contributed by atoms with van der Waals surface area (Å²) in [6, 6.07) is 18.4. The van der Waals surface area contributed by atoms with E-state index >= 15 is 0 Å². The Bertz CT molecular complexity index is 1180. The van der Waals surface area contributed by atoms with Gasteiger partial charge in [-0.3, -0.25) is 9.10 Å². The normalized spacial score (nSPS) is 12.1. The van der Waals surface area contributed by atoms with Gasteiger partial charge in [0.2, 0.25) is 5.91 Å². The molecule has 33 heavy (non-hydrogen) atoms. The number of aryl methyl sites for hydroxylation is 1. The van der Waals surface area contributed by atoms with Crippen molar-refractivity contribution in [3.63, 3.8) is 0 Å². The average molecular weight is 471 g/mol. The van der Waals surface area contributed by atoms with Gasteiger partial charge in [-0.25, -0.2) is 12.8 Å². The Morgan fingerprint density at radius 3 is 2.15 bits per heavy atom. The summed E-state index contributed by atoms with van der Waals surface area (Å²) in [6.07, 6.45) is 0.914. The Hall–Kier alpha value is -3.39. The number of benzene rings is 3. The summed E-state index contributed by atoms with van der Waals surface area (Å²) in [6.45, 7) is 3.43. The fourth-order valence-corrected chi connectivity index (χ4v) is 4.76. The average Bonchev–Trinajstić information content (AvgIpc) is 2.83. The zero-order valence-corrected chi connectivity index (χ0v) is 19.6. The van der Waals surface area contributed by atoms with Crippen LogP contribution in [0.1, 0.15) is 31.0 Å². The molecule has 174 valence electrons. The Kier molecular flexibility index (Phi) is 7.71. The second kappa shape index (κ2) is 10.5. The van der Waals surface area contributed by atoms with Gasteiger partial charge in [0.1, 0.15) is 18.1 Å². The highest BCUT2D eigenvalue weighted by molar-refractivity contribution is 7.92. The number of anilines is 1. The van der Waals surface area contributed by atoms with Crippen molar-refractivity contribution in [2.24, 2.45) is 0 Å². The van der Waals surface area contributed by atoms with Gasteiger partial charge >= 0.3 is 0 Å². The van der Waals surface area contributed by atoms with Crippen LogP contribution in [0.3, 0.4) is 0 Å². The Morgan fingerprint density at radius 2 is 1.61 bits per heavy atom. The minimum Gasteiger partial charge on any atom is -0.497 e. The number of nitrogens with one attached hydrogen (secondary N) is 1. The lowest BCUT2D eigenvalue weighted by Gasteiger charge is -2.25. The van der Waals surface area contributed by atoms with Gasteiger partial charge in [-0.1, -0.05) is 31.2 Å². The molecule has 0 saturated heterocycles. The maximum absolute atomic E-state index is 13.5. The van der Waals surface area contributed by atoms with Gasteiger partial charge in [-0.05, 0) is 73.0 Å². The van der Waals surface area contributed by atoms with E-state index in [1.165, 1.54) is 49.1 Å². The second-order valence-corrected chi connectivity index (χ2v) is 9.41. The molecule has 0 fully saturated rings. The molecule has 0 unspecified atom stereocenters. The SMILES string of the molecule is CCc1ccc([C@H](C)NC(=O)CN(c2ccc(F)cc2)S(=O)(=O)c2ccc(OC)cc2)cc1. The van der Waals surface area contributed by atoms with Gasteiger partial charge in [0.05, 0.1) is 23.7 Å². The summed E-state index contributed by atoms with van der Waals surface area (Å²) in [5.74, 6) is -0.486. The second-order valence-electron chi connectivity index (χ2n) is 7.55. The zero-order chi connectivity index (χ0) is 24.0. The fourth-order valence-electron chi connectivity index (χ4n) is 3.34. The van der Waals surface area contributed by atoms with Gasteiger partial charge in [0, 0.05) is 0 Å². The van der Waals surface area contributed by atoms with Gasteiger partial charge in [-0.15, -0.1) is 0 Å². The maximum Gasteiger partial charge on any atom is 0.264 e. The van der Waals surface area contributed by atoms with E-state index in [0.29, 0.717) is 5.75 Å². The van der Waals surface area contributed by atoms with Crippen LogP contribution in [0.4, 0.5) is 10.1 Å². The number of sulfonamides is 1. The van der Waals surface area contributed by atoms with Crippen LogP contribution in [-0.2, 0) is 21.2 Å². The summed E-state index contributed by atoms with van der Waals surface area (Å²) in [5.41, 5.74) is 2.28. The zero-order valence-electron chi connectivity index (χ0n) is 18.8. The number of carbonyl (C=O) groups excluding carboxylic acids is 1. The minimum absolute atomic E-state index is 0.0105. The van der Waals surface area contributed by atoms with Crippen LogP contribution >= 0.6 is 0 Å². The highest BCUT2D eigenvalue weighted by atomic mass is 32.2. The van der Waals surface area contributed by atoms with Crippen LogP contribution in [0.5, 0.6) is 5.75 Å². The molecule has 0 heterocycles. The fraction of sp³-hybridized carbons (Fsp3) is 0.240. The van der Waals surface area contributed by atoms with E-state index in [-0.39, 0.29) is 16.6 Å². The van der Waals surface area contributed by atoms with E-state index in [9.17, 15) is 17.6 Å². The van der Waals surface area contributed by atoms with Crippen LogP contribution in [0.15, 0.2) is 77.7 Å². The quantitative estimate of drug-likeness (QED) is 0.501. The highest BCUT2D eigenvalue weighted by Crippen LogP contribution is 2.25. The molecule has 0 aliphatic carbocycles. The lowest BCUT2D eigenvalue weighted by Crippen LogP contribution is -2.41. The molecular weight excluding hydrogens is 443 g/mol. The number of methoxy groups -OCH3 is 1. The highest BCUT2D eigenvalue weighted by Gasteiger charge is 2.28. The van der Waals surface area contributed by atoms with Crippen LogP contribution < -0.4 is 14.4 Å². The van der Waals surface area contributed by atoms with Gasteiger partial charge in [0.25, 0.3) is 10.0 Å². The first-order valence-electron chi connectivity index (χ1n) is 10.5. The van der Waals surface area contributed by atoms with Gasteiger partial charge in [0.15, 0.2) is 0 Å². The molecule has 0 bridgehead atoms. The third kappa shape index (κ3) is 5.90. The number of amides is 1. The summed E-state index contributed by atoms with van der Waals surface area (Å²) >= 11 is 0. The number of hydrogen-bond donors (Lipinski definition) is 1. The van der Waals surface area contributed by atoms with Gasteiger partial charge < -0.3 is 10.1 Å². The lowest BCUT2D eigenvalue weighted by atomic mass is 10.1. The summed E-state index contributed by atoms with van der Waals surface area (Å²) < 4.78 is 46.3. The van der Waals surface area contributed by atoms with E-state index in [1.54, 1.807) is 0 Å². The Balaban J connectivity index is 1.86. The molecule has 0 aromatic heterocycles. The van der Waals surface area contributed by atoms with Crippen molar-refractivity contribution in [2.45, 2.75) is 31.2 Å². The van der Waals surface area contributed by atoms with Crippen LogP contribution in [-0.4, -0.2) is 28.0 Å².